The summed E-state index contributed by atoms with van der Waals surface area (Å²) in [5.74, 6) is 0.837. The Morgan fingerprint density at radius 2 is 1.84 bits per heavy atom. The fraction of sp³-hybridized carbons (Fsp3) is 0.444. The summed E-state index contributed by atoms with van der Waals surface area (Å²) in [6.07, 6.45) is 6.69. The molecule has 7 heteroatoms. The third-order valence-electron chi connectivity index (χ3n) is 5.42. The first-order chi connectivity index (χ1) is 12.2. The van der Waals surface area contributed by atoms with Crippen LogP contribution in [0.2, 0.25) is 0 Å². The van der Waals surface area contributed by atoms with Crippen LogP contribution in [0.25, 0.3) is 0 Å². The van der Waals surface area contributed by atoms with E-state index in [4.69, 9.17) is 0 Å². The second-order valence-corrected chi connectivity index (χ2v) is 6.83. The van der Waals surface area contributed by atoms with Gasteiger partial charge in [-0.05, 0) is 31.0 Å². The van der Waals surface area contributed by atoms with E-state index in [1.54, 1.807) is 24.7 Å². The number of anilines is 2. The lowest BCUT2D eigenvalue weighted by atomic mass is 9.75. The van der Waals surface area contributed by atoms with Crippen LogP contribution in [-0.4, -0.2) is 52.2 Å². The zero-order chi connectivity index (χ0) is 17.3. The first kappa shape index (κ1) is 15.8. The number of aliphatic carboxylic acids is 1. The molecule has 0 aromatic carbocycles. The molecule has 4 heterocycles. The average Bonchev–Trinajstić information content (AvgIpc) is 2.92. The molecule has 0 unspecified atom stereocenters. The summed E-state index contributed by atoms with van der Waals surface area (Å²) in [5.41, 5.74) is -0.735. The van der Waals surface area contributed by atoms with Crippen LogP contribution < -0.4 is 9.80 Å². The van der Waals surface area contributed by atoms with Gasteiger partial charge in [0.1, 0.15) is 5.82 Å². The molecule has 0 saturated carbocycles. The van der Waals surface area contributed by atoms with Crippen LogP contribution in [-0.2, 0) is 4.79 Å². The molecule has 25 heavy (non-hydrogen) atoms. The highest BCUT2D eigenvalue weighted by Gasteiger charge is 2.53. The van der Waals surface area contributed by atoms with Gasteiger partial charge in [-0.1, -0.05) is 6.07 Å². The number of carboxylic acid groups (broad SMARTS) is 1. The van der Waals surface area contributed by atoms with Gasteiger partial charge in [-0.2, -0.15) is 0 Å². The molecule has 2 aliphatic rings. The lowest BCUT2D eigenvalue weighted by Crippen LogP contribution is -2.41. The second kappa shape index (κ2) is 6.31. The summed E-state index contributed by atoms with van der Waals surface area (Å²) in [6.45, 7) is 2.64. The molecule has 0 aliphatic carbocycles. The maximum absolute atomic E-state index is 12.2. The number of nitrogens with zero attached hydrogens (tertiary/aromatic N) is 5. The summed E-state index contributed by atoms with van der Waals surface area (Å²) in [5, 5.41) is 10.0. The molecule has 7 nitrogen and oxygen atoms in total. The number of aromatic nitrogens is 3. The Morgan fingerprint density at radius 1 is 1.08 bits per heavy atom. The van der Waals surface area contributed by atoms with Gasteiger partial charge < -0.3 is 14.9 Å². The summed E-state index contributed by atoms with van der Waals surface area (Å²) in [4.78, 5) is 29.6. The van der Waals surface area contributed by atoms with Crippen molar-refractivity contribution in [2.24, 2.45) is 11.3 Å². The minimum Gasteiger partial charge on any atom is -0.481 e. The molecule has 2 aromatic heterocycles. The van der Waals surface area contributed by atoms with Crippen LogP contribution in [0.4, 0.5) is 11.8 Å². The highest BCUT2D eigenvalue weighted by molar-refractivity contribution is 5.77. The molecule has 2 aromatic rings. The Labute approximate surface area is 146 Å². The minimum absolute atomic E-state index is 0.0123. The van der Waals surface area contributed by atoms with E-state index in [-0.39, 0.29) is 5.92 Å². The molecule has 2 saturated heterocycles. The molecular formula is C18H21N5O2. The minimum atomic E-state index is -0.735. The molecule has 2 aliphatic heterocycles. The van der Waals surface area contributed by atoms with Crippen molar-refractivity contribution in [2.75, 3.05) is 36.0 Å². The van der Waals surface area contributed by atoms with Crippen molar-refractivity contribution in [3.05, 3.63) is 42.9 Å². The van der Waals surface area contributed by atoms with Gasteiger partial charge in [0.05, 0.1) is 5.41 Å². The number of carboxylic acids is 1. The fourth-order valence-electron chi connectivity index (χ4n) is 4.13. The topological polar surface area (TPSA) is 82.4 Å². The quantitative estimate of drug-likeness (QED) is 0.911. The third-order valence-corrected chi connectivity index (χ3v) is 5.42. The molecule has 1 N–H and O–H groups in total. The van der Waals surface area contributed by atoms with Crippen molar-refractivity contribution in [3.8, 4) is 0 Å². The van der Waals surface area contributed by atoms with Crippen molar-refractivity contribution < 1.29 is 9.90 Å². The van der Waals surface area contributed by atoms with Crippen molar-refractivity contribution in [1.29, 1.82) is 0 Å². The lowest BCUT2D eigenvalue weighted by Gasteiger charge is -2.29. The highest BCUT2D eigenvalue weighted by Crippen LogP contribution is 2.44. The van der Waals surface area contributed by atoms with Gasteiger partial charge >= 0.3 is 5.97 Å². The van der Waals surface area contributed by atoms with E-state index in [1.807, 2.05) is 18.2 Å². The van der Waals surface area contributed by atoms with E-state index in [1.165, 1.54) is 0 Å². The van der Waals surface area contributed by atoms with Gasteiger partial charge in [0.2, 0.25) is 5.95 Å². The number of hydrogen-bond acceptors (Lipinski definition) is 6. The molecule has 2 atom stereocenters. The van der Waals surface area contributed by atoms with Gasteiger partial charge in [0.25, 0.3) is 0 Å². The van der Waals surface area contributed by atoms with E-state index in [0.29, 0.717) is 32.0 Å². The molecule has 2 fully saturated rings. The molecule has 0 amide bonds. The largest absolute Gasteiger partial charge is 0.481 e. The van der Waals surface area contributed by atoms with Gasteiger partial charge in [0.15, 0.2) is 0 Å². The van der Waals surface area contributed by atoms with Crippen molar-refractivity contribution in [2.45, 2.75) is 12.8 Å². The number of pyridine rings is 1. The average molecular weight is 339 g/mol. The van der Waals surface area contributed by atoms with E-state index < -0.39 is 11.4 Å². The van der Waals surface area contributed by atoms with Crippen LogP contribution in [0.3, 0.4) is 0 Å². The predicted molar refractivity (Wildman–Crippen MR) is 93.5 cm³/mol. The van der Waals surface area contributed by atoms with Crippen LogP contribution in [0, 0.1) is 11.3 Å². The monoisotopic (exact) mass is 339 g/mol. The number of hydrogen-bond donors (Lipinski definition) is 1. The Morgan fingerprint density at radius 3 is 2.56 bits per heavy atom. The smallest absolute Gasteiger partial charge is 0.311 e. The second-order valence-electron chi connectivity index (χ2n) is 6.83. The Balaban J connectivity index is 1.63. The molecule has 0 bridgehead atoms. The molecule has 0 radical (unpaired) electrons. The Bertz CT molecular complexity index is 742. The summed E-state index contributed by atoms with van der Waals surface area (Å²) < 4.78 is 0. The summed E-state index contributed by atoms with van der Waals surface area (Å²) in [7, 11) is 0. The fourth-order valence-corrected chi connectivity index (χ4v) is 4.13. The first-order valence-electron chi connectivity index (χ1n) is 8.60. The third kappa shape index (κ3) is 2.79. The van der Waals surface area contributed by atoms with Gasteiger partial charge in [0, 0.05) is 50.7 Å². The van der Waals surface area contributed by atoms with Crippen molar-refractivity contribution in [1.82, 2.24) is 15.0 Å². The molecule has 0 spiro atoms. The SMILES string of the molecule is O=C(O)[C@]12CCCN(c3ncccn3)C[C@H]1CN(c1ccccn1)C2. The van der Waals surface area contributed by atoms with Crippen molar-refractivity contribution in [3.63, 3.8) is 0 Å². The number of rotatable bonds is 3. The molecule has 4 rings (SSSR count). The first-order valence-corrected chi connectivity index (χ1v) is 8.60. The maximum atomic E-state index is 12.2. The zero-order valence-corrected chi connectivity index (χ0v) is 14.0. The van der Waals surface area contributed by atoms with Crippen LogP contribution in [0.5, 0.6) is 0 Å². The van der Waals surface area contributed by atoms with Gasteiger partial charge in [-0.15, -0.1) is 0 Å². The number of fused-ring (bicyclic) bond motifs is 1. The normalized spacial score (nSPS) is 26.2. The Kier molecular flexibility index (Phi) is 3.99. The van der Waals surface area contributed by atoms with Crippen molar-refractivity contribution >= 4 is 17.7 Å². The lowest BCUT2D eigenvalue weighted by molar-refractivity contribution is -0.150. The zero-order valence-electron chi connectivity index (χ0n) is 14.0. The standard InChI is InChI=1S/C18H21N5O2/c24-16(25)18-6-3-10-22(17-20-8-4-9-21-17)11-14(18)12-23(13-18)15-5-1-2-7-19-15/h1-2,4-5,7-9,14H,3,6,10-13H2,(H,24,25)/t14-,18-/m0/s1. The number of carbonyl (C=O) groups is 1. The van der Waals surface area contributed by atoms with E-state index in [0.717, 1.165) is 18.8 Å². The Hall–Kier alpha value is -2.70. The maximum Gasteiger partial charge on any atom is 0.311 e. The van der Waals surface area contributed by atoms with Gasteiger partial charge in [-0.25, -0.2) is 15.0 Å². The molecular weight excluding hydrogens is 318 g/mol. The molecule has 130 valence electrons. The van der Waals surface area contributed by atoms with E-state index in [2.05, 4.69) is 24.8 Å². The predicted octanol–water partition coefficient (Wildman–Crippen LogP) is 1.68. The van der Waals surface area contributed by atoms with Crippen LogP contribution in [0.15, 0.2) is 42.9 Å². The van der Waals surface area contributed by atoms with Crippen LogP contribution in [0.1, 0.15) is 12.8 Å². The van der Waals surface area contributed by atoms with E-state index >= 15 is 0 Å². The van der Waals surface area contributed by atoms with Crippen LogP contribution >= 0.6 is 0 Å². The van der Waals surface area contributed by atoms with Gasteiger partial charge in [-0.3, -0.25) is 4.79 Å². The van der Waals surface area contributed by atoms with E-state index in [9.17, 15) is 9.90 Å². The summed E-state index contributed by atoms with van der Waals surface area (Å²) >= 11 is 0. The highest BCUT2D eigenvalue weighted by atomic mass is 16.4. The summed E-state index contributed by atoms with van der Waals surface area (Å²) in [6, 6.07) is 7.55.